The number of fused-ring (bicyclic) bond motifs is 1. The number of carbonyl (C=O) groups excluding carboxylic acids is 1. The van der Waals surface area contributed by atoms with Gasteiger partial charge < -0.3 is 15.0 Å². The van der Waals surface area contributed by atoms with Gasteiger partial charge >= 0.3 is 6.18 Å². The molecule has 1 saturated heterocycles. The molecular weight excluding hydrogens is 395 g/mol. The number of alkyl halides is 3. The van der Waals surface area contributed by atoms with Crippen molar-refractivity contribution in [3.05, 3.63) is 41.6 Å². The highest BCUT2D eigenvalue weighted by Crippen LogP contribution is 2.31. The molecular formula is C22H28F3N3O2. The molecule has 1 aromatic heterocycles. The number of nitrogens with one attached hydrogen (secondary N) is 1. The van der Waals surface area contributed by atoms with Gasteiger partial charge in [0.05, 0.1) is 11.1 Å². The summed E-state index contributed by atoms with van der Waals surface area (Å²) in [6.45, 7) is 8.09. The fourth-order valence-corrected chi connectivity index (χ4v) is 3.94. The van der Waals surface area contributed by atoms with E-state index in [2.05, 4.69) is 22.1 Å². The predicted octanol–water partition coefficient (Wildman–Crippen LogP) is 4.12. The van der Waals surface area contributed by atoms with Crippen LogP contribution in [-0.4, -0.2) is 54.7 Å². The van der Waals surface area contributed by atoms with Gasteiger partial charge in [0.15, 0.2) is 0 Å². The van der Waals surface area contributed by atoms with E-state index in [1.54, 1.807) is 18.2 Å². The zero-order chi connectivity index (χ0) is 21.7. The molecule has 1 aromatic carbocycles. The molecule has 3 rings (SSSR count). The second-order valence-electron chi connectivity index (χ2n) is 7.77. The summed E-state index contributed by atoms with van der Waals surface area (Å²) in [6, 6.07) is 7.19. The summed E-state index contributed by atoms with van der Waals surface area (Å²) in [6.07, 6.45) is -2.89. The first kappa shape index (κ1) is 22.5. The molecule has 0 aliphatic carbocycles. The van der Waals surface area contributed by atoms with E-state index in [9.17, 15) is 18.0 Å². The number of piperidine rings is 1. The summed E-state index contributed by atoms with van der Waals surface area (Å²) in [5.74, 6) is -0.286. The number of pyridine rings is 1. The van der Waals surface area contributed by atoms with Crippen LogP contribution in [-0.2, 0) is 10.9 Å². The highest BCUT2D eigenvalue weighted by Gasteiger charge is 2.34. The van der Waals surface area contributed by atoms with E-state index in [0.29, 0.717) is 12.0 Å². The Hall–Kier alpha value is -2.19. The topological polar surface area (TPSA) is 54.5 Å². The maximum atomic E-state index is 13.3. The maximum absolute atomic E-state index is 13.3. The molecule has 0 spiro atoms. The predicted molar refractivity (Wildman–Crippen MR) is 109 cm³/mol. The van der Waals surface area contributed by atoms with Crippen molar-refractivity contribution in [1.29, 1.82) is 0 Å². The molecule has 1 aliphatic rings. The van der Waals surface area contributed by atoms with E-state index >= 15 is 0 Å². The number of para-hydroxylation sites is 1. The molecule has 2 unspecified atom stereocenters. The third-order valence-electron chi connectivity index (χ3n) is 5.52. The molecule has 1 amide bonds. The summed E-state index contributed by atoms with van der Waals surface area (Å²) in [4.78, 5) is 19.0. The molecule has 2 atom stereocenters. The van der Waals surface area contributed by atoms with Gasteiger partial charge in [-0.15, -0.1) is 0 Å². The van der Waals surface area contributed by atoms with Crippen molar-refractivity contribution >= 4 is 16.8 Å². The van der Waals surface area contributed by atoms with E-state index in [4.69, 9.17) is 4.74 Å². The summed E-state index contributed by atoms with van der Waals surface area (Å²) in [5, 5.41) is 3.39. The van der Waals surface area contributed by atoms with E-state index in [1.807, 2.05) is 6.92 Å². The van der Waals surface area contributed by atoms with Crippen LogP contribution in [0.4, 0.5) is 13.2 Å². The highest BCUT2D eigenvalue weighted by molar-refractivity contribution is 6.06. The average Bonchev–Trinajstić information content (AvgIpc) is 2.71. The maximum Gasteiger partial charge on any atom is 0.433 e. The number of amides is 1. The van der Waals surface area contributed by atoms with Crippen molar-refractivity contribution in [2.24, 2.45) is 5.92 Å². The standard InChI is InChI=1S/C22H28F3N3O2/c1-3-30-12-6-10-28-11-9-18(15(2)14-28)27-21(29)17-13-20(22(23,24)25)26-19-8-5-4-7-16(17)19/h4-5,7-8,13,15,18H,3,6,9-12,14H2,1-2H3,(H,27,29). The Bertz CT molecular complexity index is 872. The number of halogens is 3. The Labute approximate surface area is 174 Å². The Morgan fingerprint density at radius 3 is 2.80 bits per heavy atom. The Balaban J connectivity index is 1.70. The van der Waals surface area contributed by atoms with Crippen LogP contribution in [0, 0.1) is 5.92 Å². The minimum absolute atomic E-state index is 0.0132. The van der Waals surface area contributed by atoms with Gasteiger partial charge in [-0.2, -0.15) is 13.2 Å². The number of hydrogen-bond donors (Lipinski definition) is 1. The number of ether oxygens (including phenoxy) is 1. The molecule has 0 radical (unpaired) electrons. The van der Waals surface area contributed by atoms with Crippen LogP contribution in [0.15, 0.2) is 30.3 Å². The van der Waals surface area contributed by atoms with Crippen LogP contribution in [0.5, 0.6) is 0 Å². The van der Waals surface area contributed by atoms with E-state index in [1.165, 1.54) is 6.07 Å². The number of benzene rings is 1. The second-order valence-corrected chi connectivity index (χ2v) is 7.77. The molecule has 30 heavy (non-hydrogen) atoms. The van der Waals surface area contributed by atoms with Gasteiger partial charge in [0.25, 0.3) is 5.91 Å². The van der Waals surface area contributed by atoms with Crippen molar-refractivity contribution in [3.8, 4) is 0 Å². The molecule has 1 fully saturated rings. The van der Waals surface area contributed by atoms with E-state index in [0.717, 1.165) is 45.1 Å². The SMILES string of the molecule is CCOCCCN1CCC(NC(=O)c2cc(C(F)(F)F)nc3ccccc23)C(C)C1. The molecule has 1 aliphatic heterocycles. The largest absolute Gasteiger partial charge is 0.433 e. The molecule has 8 heteroatoms. The van der Waals surface area contributed by atoms with Crippen LogP contribution in [0.3, 0.4) is 0 Å². The Morgan fingerprint density at radius 2 is 2.10 bits per heavy atom. The van der Waals surface area contributed by atoms with Crippen molar-refractivity contribution < 1.29 is 22.7 Å². The molecule has 1 N–H and O–H groups in total. The van der Waals surface area contributed by atoms with E-state index in [-0.39, 0.29) is 23.0 Å². The zero-order valence-corrected chi connectivity index (χ0v) is 17.3. The van der Waals surface area contributed by atoms with Crippen molar-refractivity contribution in [2.45, 2.75) is 38.9 Å². The Morgan fingerprint density at radius 1 is 1.33 bits per heavy atom. The molecule has 0 saturated carbocycles. The number of likely N-dealkylation sites (tertiary alicyclic amines) is 1. The lowest BCUT2D eigenvalue weighted by atomic mass is 9.93. The number of rotatable bonds is 7. The van der Waals surface area contributed by atoms with Gasteiger partial charge in [0.2, 0.25) is 0 Å². The van der Waals surface area contributed by atoms with Gasteiger partial charge in [-0.3, -0.25) is 4.79 Å². The molecule has 164 valence electrons. The molecule has 0 bridgehead atoms. The van der Waals surface area contributed by atoms with Crippen molar-refractivity contribution in [3.63, 3.8) is 0 Å². The summed E-state index contributed by atoms with van der Waals surface area (Å²) < 4.78 is 45.2. The fourth-order valence-electron chi connectivity index (χ4n) is 3.94. The minimum atomic E-state index is -4.61. The van der Waals surface area contributed by atoms with Gasteiger partial charge in [-0.1, -0.05) is 25.1 Å². The van der Waals surface area contributed by atoms with E-state index < -0.39 is 17.8 Å². The lowest BCUT2D eigenvalue weighted by Crippen LogP contribution is -2.50. The molecule has 5 nitrogen and oxygen atoms in total. The average molecular weight is 423 g/mol. The lowest BCUT2D eigenvalue weighted by molar-refractivity contribution is -0.140. The number of nitrogens with zero attached hydrogens (tertiary/aromatic N) is 2. The van der Waals surface area contributed by atoms with Crippen molar-refractivity contribution in [1.82, 2.24) is 15.2 Å². The first-order valence-electron chi connectivity index (χ1n) is 10.4. The molecule has 2 aromatic rings. The smallest absolute Gasteiger partial charge is 0.382 e. The summed E-state index contributed by atoms with van der Waals surface area (Å²) in [5.41, 5.74) is -0.877. The molecule has 2 heterocycles. The first-order chi connectivity index (χ1) is 14.3. The number of carbonyl (C=O) groups is 1. The quantitative estimate of drug-likeness (QED) is 0.681. The normalized spacial score (nSPS) is 20.4. The van der Waals surface area contributed by atoms with Crippen LogP contribution in [0.1, 0.15) is 42.7 Å². The second kappa shape index (κ2) is 9.75. The van der Waals surface area contributed by atoms with Gasteiger partial charge in [-0.25, -0.2) is 4.98 Å². The Kier molecular flexibility index (Phi) is 7.31. The third-order valence-corrected chi connectivity index (χ3v) is 5.52. The van der Waals surface area contributed by atoms with Crippen LogP contribution < -0.4 is 5.32 Å². The monoisotopic (exact) mass is 423 g/mol. The summed E-state index contributed by atoms with van der Waals surface area (Å²) in [7, 11) is 0. The first-order valence-corrected chi connectivity index (χ1v) is 10.4. The van der Waals surface area contributed by atoms with Crippen LogP contribution >= 0.6 is 0 Å². The van der Waals surface area contributed by atoms with Gasteiger partial charge in [0.1, 0.15) is 5.69 Å². The minimum Gasteiger partial charge on any atom is -0.382 e. The fraction of sp³-hybridized carbons (Fsp3) is 0.545. The number of hydrogen-bond acceptors (Lipinski definition) is 4. The zero-order valence-electron chi connectivity index (χ0n) is 17.3. The van der Waals surface area contributed by atoms with Crippen LogP contribution in [0.25, 0.3) is 10.9 Å². The van der Waals surface area contributed by atoms with Gasteiger partial charge in [-0.05, 0) is 37.8 Å². The lowest BCUT2D eigenvalue weighted by Gasteiger charge is -2.37. The highest BCUT2D eigenvalue weighted by atomic mass is 19.4. The summed E-state index contributed by atoms with van der Waals surface area (Å²) >= 11 is 0. The third kappa shape index (κ3) is 5.49. The number of aromatic nitrogens is 1. The van der Waals surface area contributed by atoms with Gasteiger partial charge in [0, 0.05) is 44.3 Å². The van der Waals surface area contributed by atoms with Crippen molar-refractivity contribution in [2.75, 3.05) is 32.8 Å². The van der Waals surface area contributed by atoms with Crippen LogP contribution in [0.2, 0.25) is 0 Å².